The van der Waals surface area contributed by atoms with Crippen molar-refractivity contribution in [1.29, 1.82) is 0 Å². The monoisotopic (exact) mass is 391 g/mol. The number of hydrogen-bond donors (Lipinski definition) is 0. The van der Waals surface area contributed by atoms with Crippen molar-refractivity contribution in [2.45, 2.75) is 12.8 Å². The Labute approximate surface area is 157 Å². The molecule has 144 valence electrons. The van der Waals surface area contributed by atoms with Crippen LogP contribution in [-0.2, 0) is 6.42 Å². The summed E-state index contributed by atoms with van der Waals surface area (Å²) in [5.74, 6) is -1.31. The van der Waals surface area contributed by atoms with Crippen LogP contribution in [0.1, 0.15) is 11.1 Å². The Balaban J connectivity index is 2.16. The van der Waals surface area contributed by atoms with Crippen molar-refractivity contribution in [3.05, 3.63) is 93.8 Å². The number of nitro benzene ring substituents is 1. The summed E-state index contributed by atoms with van der Waals surface area (Å²) in [6.45, 7) is 0. The van der Waals surface area contributed by atoms with Crippen LogP contribution < -0.4 is 4.74 Å². The van der Waals surface area contributed by atoms with Gasteiger partial charge in [0.1, 0.15) is 5.82 Å². The third-order valence-corrected chi connectivity index (χ3v) is 3.95. The molecule has 3 aromatic rings. The van der Waals surface area contributed by atoms with Gasteiger partial charge in [-0.15, -0.1) is 13.2 Å². The number of nitro groups is 1. The number of hydrogen-bond acceptors (Lipinski definition) is 3. The third kappa shape index (κ3) is 4.64. The molecule has 0 unspecified atom stereocenters. The van der Waals surface area contributed by atoms with Gasteiger partial charge in [-0.3, -0.25) is 10.1 Å². The molecule has 4 nitrogen and oxygen atoms in total. The number of halogens is 4. The van der Waals surface area contributed by atoms with Crippen LogP contribution in [0.3, 0.4) is 0 Å². The van der Waals surface area contributed by atoms with E-state index in [-0.39, 0.29) is 12.0 Å². The highest BCUT2D eigenvalue weighted by Crippen LogP contribution is 2.42. The maximum atomic E-state index is 13.1. The summed E-state index contributed by atoms with van der Waals surface area (Å²) < 4.78 is 55.7. The zero-order valence-electron chi connectivity index (χ0n) is 14.2. The summed E-state index contributed by atoms with van der Waals surface area (Å²) in [7, 11) is 0. The second-order valence-corrected chi connectivity index (χ2v) is 5.97. The van der Waals surface area contributed by atoms with Crippen LogP contribution in [0.4, 0.5) is 23.2 Å². The molecule has 0 fully saturated rings. The smallest absolute Gasteiger partial charge is 0.398 e. The van der Waals surface area contributed by atoms with Crippen molar-refractivity contribution in [3.8, 4) is 16.9 Å². The van der Waals surface area contributed by atoms with Crippen molar-refractivity contribution in [2.75, 3.05) is 0 Å². The average molecular weight is 391 g/mol. The summed E-state index contributed by atoms with van der Waals surface area (Å²) in [5, 5.41) is 11.4. The molecule has 0 radical (unpaired) electrons. The zero-order valence-corrected chi connectivity index (χ0v) is 14.2. The van der Waals surface area contributed by atoms with Gasteiger partial charge >= 0.3 is 12.0 Å². The molecule has 0 saturated carbocycles. The molecule has 0 bridgehead atoms. The molecule has 0 heterocycles. The summed E-state index contributed by atoms with van der Waals surface area (Å²) in [6, 6.07) is 15.9. The first-order valence-electron chi connectivity index (χ1n) is 8.10. The normalized spacial score (nSPS) is 11.3. The van der Waals surface area contributed by atoms with E-state index in [1.54, 1.807) is 18.2 Å². The van der Waals surface area contributed by atoms with Gasteiger partial charge in [0, 0.05) is 11.6 Å². The SMILES string of the molecule is O=[N+]([O-])c1cc(Cc2ccc(F)cc2)cc(-c2ccccc2)c1OC(F)(F)F. The Morgan fingerprint density at radius 3 is 2.14 bits per heavy atom. The molecule has 0 aromatic heterocycles. The van der Waals surface area contributed by atoms with E-state index in [1.807, 2.05) is 0 Å². The molecule has 0 saturated heterocycles. The molecule has 0 atom stereocenters. The highest BCUT2D eigenvalue weighted by Gasteiger charge is 2.36. The van der Waals surface area contributed by atoms with Gasteiger partial charge in [-0.25, -0.2) is 4.39 Å². The molecule has 8 heteroatoms. The van der Waals surface area contributed by atoms with E-state index in [0.717, 1.165) is 6.07 Å². The van der Waals surface area contributed by atoms with Gasteiger partial charge < -0.3 is 4.74 Å². The molecule has 28 heavy (non-hydrogen) atoms. The number of ether oxygens (including phenoxy) is 1. The van der Waals surface area contributed by atoms with Crippen LogP contribution in [0.5, 0.6) is 5.75 Å². The largest absolute Gasteiger partial charge is 0.573 e. The van der Waals surface area contributed by atoms with Gasteiger partial charge in [0.25, 0.3) is 0 Å². The lowest BCUT2D eigenvalue weighted by Crippen LogP contribution is -2.18. The second kappa shape index (κ2) is 7.67. The van der Waals surface area contributed by atoms with Crippen LogP contribution >= 0.6 is 0 Å². The highest BCUT2D eigenvalue weighted by molar-refractivity contribution is 5.76. The van der Waals surface area contributed by atoms with E-state index in [2.05, 4.69) is 4.74 Å². The maximum Gasteiger partial charge on any atom is 0.573 e. The Bertz CT molecular complexity index is 987. The Morgan fingerprint density at radius 1 is 0.929 bits per heavy atom. The van der Waals surface area contributed by atoms with Crippen molar-refractivity contribution in [1.82, 2.24) is 0 Å². The minimum absolute atomic E-state index is 0.0516. The topological polar surface area (TPSA) is 52.4 Å². The van der Waals surface area contributed by atoms with E-state index >= 15 is 0 Å². The predicted octanol–water partition coefficient (Wildman–Crippen LogP) is 5.89. The Morgan fingerprint density at radius 2 is 1.57 bits per heavy atom. The number of nitrogens with zero attached hydrogens (tertiary/aromatic N) is 1. The average Bonchev–Trinajstić information content (AvgIpc) is 2.64. The van der Waals surface area contributed by atoms with E-state index in [1.165, 1.54) is 42.5 Å². The van der Waals surface area contributed by atoms with Gasteiger partial charge in [0.2, 0.25) is 5.75 Å². The van der Waals surface area contributed by atoms with Crippen LogP contribution in [0.2, 0.25) is 0 Å². The molecule has 0 N–H and O–H groups in total. The number of rotatable bonds is 5. The van der Waals surface area contributed by atoms with Gasteiger partial charge in [-0.1, -0.05) is 42.5 Å². The Kier molecular flexibility index (Phi) is 5.30. The molecule has 0 spiro atoms. The number of benzene rings is 3. The molecule has 0 aliphatic carbocycles. The van der Waals surface area contributed by atoms with Gasteiger partial charge in [0.15, 0.2) is 0 Å². The van der Waals surface area contributed by atoms with E-state index in [9.17, 15) is 27.7 Å². The summed E-state index contributed by atoms with van der Waals surface area (Å²) in [5.41, 5.74) is 0.539. The first kappa shape index (κ1) is 19.3. The summed E-state index contributed by atoms with van der Waals surface area (Å²) >= 11 is 0. The zero-order chi connectivity index (χ0) is 20.3. The third-order valence-electron chi connectivity index (χ3n) is 3.95. The molecule has 0 aliphatic rings. The lowest BCUT2D eigenvalue weighted by Gasteiger charge is -2.15. The van der Waals surface area contributed by atoms with Crippen molar-refractivity contribution >= 4 is 5.69 Å². The van der Waals surface area contributed by atoms with E-state index < -0.39 is 28.5 Å². The molecule has 0 aliphatic heterocycles. The quantitative estimate of drug-likeness (QED) is 0.310. The predicted molar refractivity (Wildman–Crippen MR) is 94.4 cm³/mol. The fraction of sp³-hybridized carbons (Fsp3) is 0.100. The number of alkyl halides is 3. The van der Waals surface area contributed by atoms with Crippen molar-refractivity contribution < 1.29 is 27.2 Å². The fourth-order valence-electron chi connectivity index (χ4n) is 2.80. The fourth-order valence-corrected chi connectivity index (χ4v) is 2.80. The van der Waals surface area contributed by atoms with Crippen LogP contribution in [0.25, 0.3) is 11.1 Å². The second-order valence-electron chi connectivity index (χ2n) is 5.97. The van der Waals surface area contributed by atoms with Crippen LogP contribution in [-0.4, -0.2) is 11.3 Å². The lowest BCUT2D eigenvalue weighted by molar-refractivity contribution is -0.388. The first-order valence-corrected chi connectivity index (χ1v) is 8.10. The van der Waals surface area contributed by atoms with Crippen LogP contribution in [0, 0.1) is 15.9 Å². The van der Waals surface area contributed by atoms with Gasteiger partial charge in [0.05, 0.1) is 4.92 Å². The molecule has 0 amide bonds. The van der Waals surface area contributed by atoms with Crippen molar-refractivity contribution in [3.63, 3.8) is 0 Å². The van der Waals surface area contributed by atoms with E-state index in [0.29, 0.717) is 16.7 Å². The minimum atomic E-state index is -5.09. The summed E-state index contributed by atoms with van der Waals surface area (Å²) in [4.78, 5) is 10.5. The molecule has 3 rings (SSSR count). The van der Waals surface area contributed by atoms with E-state index in [4.69, 9.17) is 0 Å². The Hall–Kier alpha value is -3.42. The lowest BCUT2D eigenvalue weighted by atomic mass is 9.97. The summed E-state index contributed by atoms with van der Waals surface area (Å²) in [6.07, 6.45) is -4.92. The standard InChI is InChI=1S/C20H13F4NO3/c21-16-8-6-13(7-9-16)10-14-11-17(15-4-2-1-3-5-15)19(28-20(22,23)24)18(12-14)25(26)27/h1-9,11-12H,10H2. The molecular weight excluding hydrogens is 378 g/mol. The maximum absolute atomic E-state index is 13.1. The van der Waals surface area contributed by atoms with Gasteiger partial charge in [-0.05, 0) is 41.3 Å². The molecule has 3 aromatic carbocycles. The molecular formula is C20H13F4NO3. The highest BCUT2D eigenvalue weighted by atomic mass is 19.4. The first-order chi connectivity index (χ1) is 13.2. The van der Waals surface area contributed by atoms with Gasteiger partial charge in [-0.2, -0.15) is 0 Å². The van der Waals surface area contributed by atoms with Crippen LogP contribution in [0.15, 0.2) is 66.7 Å². The van der Waals surface area contributed by atoms with Crippen molar-refractivity contribution in [2.24, 2.45) is 0 Å². The minimum Gasteiger partial charge on any atom is -0.398 e.